The summed E-state index contributed by atoms with van der Waals surface area (Å²) in [5, 5.41) is 40.3. The van der Waals surface area contributed by atoms with Crippen molar-refractivity contribution in [1.29, 1.82) is 0 Å². The lowest BCUT2D eigenvalue weighted by Crippen LogP contribution is -2.59. The van der Waals surface area contributed by atoms with E-state index in [9.17, 15) is 25.2 Å². The minimum Gasteiger partial charge on any atom is -0.457 e. The molecule has 0 aliphatic carbocycles. The lowest BCUT2D eigenvalue weighted by Gasteiger charge is -2.39. The predicted octanol–water partition coefficient (Wildman–Crippen LogP) is 13.9. The Kier molecular flexibility index (Phi) is 45.6. The largest absolute Gasteiger partial charge is 0.457 e. The molecular weight excluding hydrogens is 853 g/mol. The smallest absolute Gasteiger partial charge is 0.306 e. The average Bonchev–Trinajstić information content (AvgIpc) is 3.34. The van der Waals surface area contributed by atoms with E-state index in [-0.39, 0.29) is 19.2 Å². The van der Waals surface area contributed by atoms with E-state index in [0.717, 1.165) is 89.9 Å². The summed E-state index contributed by atoms with van der Waals surface area (Å²) in [7, 11) is 0. The fourth-order valence-electron chi connectivity index (χ4n) is 7.76. The van der Waals surface area contributed by atoms with E-state index in [4.69, 9.17) is 18.9 Å². The molecule has 0 radical (unpaired) electrons. The quantitative estimate of drug-likeness (QED) is 0.0267. The van der Waals surface area contributed by atoms with E-state index in [1.807, 2.05) is 0 Å². The van der Waals surface area contributed by atoms with Crippen molar-refractivity contribution in [3.8, 4) is 0 Å². The van der Waals surface area contributed by atoms with Crippen LogP contribution in [0.15, 0.2) is 97.2 Å². The Morgan fingerprint density at radius 3 is 1.35 bits per heavy atom. The van der Waals surface area contributed by atoms with Crippen LogP contribution in [-0.4, -0.2) is 89.6 Å². The maximum Gasteiger partial charge on any atom is 0.306 e. The number of aliphatic hydroxyl groups is 4. The van der Waals surface area contributed by atoms with Crippen LogP contribution in [0.1, 0.15) is 206 Å². The molecule has 0 aromatic rings. The number of hydrogen-bond acceptors (Lipinski definition) is 9. The van der Waals surface area contributed by atoms with E-state index in [1.165, 1.54) is 96.3 Å². The summed E-state index contributed by atoms with van der Waals surface area (Å²) in [4.78, 5) is 12.9. The number of aliphatic hydroxyl groups excluding tert-OH is 4. The van der Waals surface area contributed by atoms with Crippen LogP contribution < -0.4 is 0 Å². The zero-order valence-corrected chi connectivity index (χ0v) is 43.1. The maximum atomic E-state index is 12.9. The maximum absolute atomic E-state index is 12.9. The number of rotatable bonds is 46. The Hall–Kier alpha value is -2.89. The third-order valence-electron chi connectivity index (χ3n) is 12.0. The number of ether oxygens (including phenoxy) is 4. The van der Waals surface area contributed by atoms with Crippen molar-refractivity contribution in [2.45, 2.75) is 243 Å². The van der Waals surface area contributed by atoms with Gasteiger partial charge < -0.3 is 39.4 Å². The number of hydrogen-bond donors (Lipinski definition) is 4. The molecule has 0 spiro atoms. The molecule has 9 heteroatoms. The van der Waals surface area contributed by atoms with E-state index in [0.29, 0.717) is 13.0 Å². The van der Waals surface area contributed by atoms with Crippen molar-refractivity contribution in [2.24, 2.45) is 0 Å². The van der Waals surface area contributed by atoms with E-state index >= 15 is 0 Å². The van der Waals surface area contributed by atoms with Crippen molar-refractivity contribution in [3.63, 3.8) is 0 Å². The third kappa shape index (κ3) is 38.9. The zero-order chi connectivity index (χ0) is 49.2. The first-order valence-electron chi connectivity index (χ1n) is 27.3. The van der Waals surface area contributed by atoms with Gasteiger partial charge in [0.1, 0.15) is 30.5 Å². The normalized spacial score (nSPS) is 19.9. The van der Waals surface area contributed by atoms with Gasteiger partial charge in [-0.2, -0.15) is 0 Å². The fraction of sp³-hybridized carbons (Fsp3) is 0.712. The van der Waals surface area contributed by atoms with Crippen molar-refractivity contribution in [1.82, 2.24) is 0 Å². The highest BCUT2D eigenvalue weighted by Gasteiger charge is 2.44. The number of unbranched alkanes of at least 4 members (excludes halogenated alkanes) is 19. The first-order chi connectivity index (χ1) is 33.4. The van der Waals surface area contributed by atoms with Crippen LogP contribution in [0, 0.1) is 0 Å². The monoisotopic (exact) mass is 953 g/mol. The highest BCUT2D eigenvalue weighted by molar-refractivity contribution is 5.69. The summed E-state index contributed by atoms with van der Waals surface area (Å²) < 4.78 is 22.9. The molecule has 6 atom stereocenters. The average molecular weight is 953 g/mol. The van der Waals surface area contributed by atoms with E-state index in [2.05, 4.69) is 111 Å². The van der Waals surface area contributed by atoms with Crippen molar-refractivity contribution in [2.75, 3.05) is 26.4 Å². The zero-order valence-electron chi connectivity index (χ0n) is 43.1. The summed E-state index contributed by atoms with van der Waals surface area (Å²) in [5.74, 6) is -0.330. The third-order valence-corrected chi connectivity index (χ3v) is 12.0. The lowest BCUT2D eigenvalue weighted by atomic mass is 9.99. The molecule has 0 aromatic heterocycles. The highest BCUT2D eigenvalue weighted by Crippen LogP contribution is 2.23. The fourth-order valence-corrected chi connectivity index (χ4v) is 7.76. The molecule has 390 valence electrons. The Morgan fingerprint density at radius 1 is 0.485 bits per heavy atom. The summed E-state index contributed by atoms with van der Waals surface area (Å²) in [5.41, 5.74) is 0. The van der Waals surface area contributed by atoms with Gasteiger partial charge in [0, 0.05) is 13.0 Å². The van der Waals surface area contributed by atoms with E-state index < -0.39 is 43.4 Å². The molecule has 0 amide bonds. The van der Waals surface area contributed by atoms with Crippen LogP contribution in [0.2, 0.25) is 0 Å². The van der Waals surface area contributed by atoms with Gasteiger partial charge in [-0.3, -0.25) is 4.79 Å². The van der Waals surface area contributed by atoms with Crippen LogP contribution in [0.5, 0.6) is 0 Å². The van der Waals surface area contributed by atoms with Crippen molar-refractivity contribution >= 4 is 5.97 Å². The Labute approximate surface area is 415 Å². The molecule has 68 heavy (non-hydrogen) atoms. The van der Waals surface area contributed by atoms with Gasteiger partial charge in [0.15, 0.2) is 6.29 Å². The van der Waals surface area contributed by atoms with Gasteiger partial charge in [0.2, 0.25) is 0 Å². The molecule has 1 rings (SSSR count). The molecule has 0 aromatic carbocycles. The topological polar surface area (TPSA) is 135 Å². The summed E-state index contributed by atoms with van der Waals surface area (Å²) in [6.07, 6.45) is 61.5. The van der Waals surface area contributed by atoms with Crippen LogP contribution in [0.3, 0.4) is 0 Å². The second-order valence-electron chi connectivity index (χ2n) is 18.3. The molecule has 0 bridgehead atoms. The highest BCUT2D eigenvalue weighted by atomic mass is 16.7. The van der Waals surface area contributed by atoms with Crippen LogP contribution in [0.4, 0.5) is 0 Å². The van der Waals surface area contributed by atoms with Gasteiger partial charge in [-0.1, -0.05) is 201 Å². The van der Waals surface area contributed by atoms with Gasteiger partial charge in [0.05, 0.1) is 19.8 Å². The van der Waals surface area contributed by atoms with Gasteiger partial charge in [-0.15, -0.1) is 0 Å². The predicted molar refractivity (Wildman–Crippen MR) is 283 cm³/mol. The van der Waals surface area contributed by atoms with E-state index in [1.54, 1.807) is 0 Å². The van der Waals surface area contributed by atoms with Crippen molar-refractivity contribution < 1.29 is 44.2 Å². The second kappa shape index (κ2) is 49.1. The molecule has 1 saturated heterocycles. The Bertz CT molecular complexity index is 1360. The molecule has 9 nitrogen and oxygen atoms in total. The van der Waals surface area contributed by atoms with Gasteiger partial charge in [-0.25, -0.2) is 0 Å². The molecule has 6 unspecified atom stereocenters. The SMILES string of the molecule is CC/C=C\C/C=C\C/C=C\C/C=C\C/C=C\CCCCCCCCCCCCOCC(COC1OC(CO)C(O)C(O)C1O)OC(=O)CCCCCCCC/C=C\C/C=C\C/C=C\CCCCC. The molecule has 1 aliphatic rings. The number of esters is 1. The first kappa shape index (κ1) is 63.1. The Morgan fingerprint density at radius 2 is 0.897 bits per heavy atom. The molecule has 4 N–H and O–H groups in total. The molecule has 1 fully saturated rings. The number of carbonyl (C=O) groups excluding carboxylic acids is 1. The summed E-state index contributed by atoms with van der Waals surface area (Å²) in [6.45, 7) is 4.39. The number of carbonyl (C=O) groups is 1. The minimum absolute atomic E-state index is 0.126. The molecule has 0 saturated carbocycles. The van der Waals surface area contributed by atoms with Crippen LogP contribution >= 0.6 is 0 Å². The summed E-state index contributed by atoms with van der Waals surface area (Å²) in [6, 6.07) is 0. The standard InChI is InChI=1S/C59H100O9/c1-3-5-7-9-11-13-15-17-19-21-23-24-25-26-27-28-29-31-33-35-37-39-41-43-45-47-49-65-51-53(52-66-59-58(64)57(63)56(62)54(50-60)68-59)67-55(61)48-46-44-42-40-38-36-34-32-30-22-20-18-16-14-12-10-8-6-4-2/h5,7,11-14,17-20,23-24,26-27,30,32,53-54,56-60,62-64H,3-4,6,8-10,15-16,21-22,25,28-29,31,33-52H2,1-2H3/b7-5-,13-11-,14-12-,19-17-,20-18-,24-23-,27-26-,32-30-. The van der Waals surface area contributed by atoms with Gasteiger partial charge >= 0.3 is 5.97 Å². The lowest BCUT2D eigenvalue weighted by molar-refractivity contribution is -0.305. The summed E-state index contributed by atoms with van der Waals surface area (Å²) >= 11 is 0. The number of allylic oxidation sites excluding steroid dienone is 16. The Balaban J connectivity index is 2.20. The molecular formula is C59H100O9. The first-order valence-corrected chi connectivity index (χ1v) is 27.3. The minimum atomic E-state index is -1.55. The molecule has 1 heterocycles. The van der Waals surface area contributed by atoms with Gasteiger partial charge in [0.25, 0.3) is 0 Å². The van der Waals surface area contributed by atoms with Gasteiger partial charge in [-0.05, 0) is 96.3 Å². The van der Waals surface area contributed by atoms with Crippen LogP contribution in [0.25, 0.3) is 0 Å². The second-order valence-corrected chi connectivity index (χ2v) is 18.3. The van der Waals surface area contributed by atoms with Crippen LogP contribution in [-0.2, 0) is 23.7 Å². The van der Waals surface area contributed by atoms with Crippen molar-refractivity contribution in [3.05, 3.63) is 97.2 Å². The molecule has 1 aliphatic heterocycles.